The number of guanidine groups is 1. The minimum Gasteiger partial charge on any atom is -0.376 e. The minimum absolute atomic E-state index is 0. The van der Waals surface area contributed by atoms with E-state index in [-0.39, 0.29) is 49.1 Å². The van der Waals surface area contributed by atoms with Gasteiger partial charge in [0.15, 0.2) is 5.96 Å². The standard InChI is InChI=1S/C18H25ClF4N4O.HI/c1-12-11-27(8-9-28-12)15(16-13(19)4-3-5-14(16)20)10-26-17(24-2)25-7-6-18(21,22)23;/h3-5,12,15H,6-11H2,1-2H3,(H2,24,25,26);1H. The van der Waals surface area contributed by atoms with Gasteiger partial charge in [-0.15, -0.1) is 24.0 Å². The highest BCUT2D eigenvalue weighted by Crippen LogP contribution is 2.31. The molecule has 2 atom stereocenters. The van der Waals surface area contributed by atoms with Crippen molar-refractivity contribution < 1.29 is 22.3 Å². The van der Waals surface area contributed by atoms with E-state index in [9.17, 15) is 17.6 Å². The number of morpholine rings is 1. The summed E-state index contributed by atoms with van der Waals surface area (Å²) in [6.45, 7) is 3.51. The van der Waals surface area contributed by atoms with Crippen LogP contribution in [0, 0.1) is 5.82 Å². The third-order valence-corrected chi connectivity index (χ3v) is 4.76. The Morgan fingerprint density at radius 1 is 1.38 bits per heavy atom. The molecule has 5 nitrogen and oxygen atoms in total. The zero-order chi connectivity index (χ0) is 20.7. The number of hydrogen-bond donors (Lipinski definition) is 2. The number of ether oxygens (including phenoxy) is 1. The lowest BCUT2D eigenvalue weighted by Gasteiger charge is -2.38. The quantitative estimate of drug-likeness (QED) is 0.243. The van der Waals surface area contributed by atoms with Crippen molar-refractivity contribution in [3.05, 3.63) is 34.6 Å². The number of alkyl halides is 3. The van der Waals surface area contributed by atoms with Crippen molar-refractivity contribution in [3.63, 3.8) is 0 Å². The molecule has 1 fully saturated rings. The van der Waals surface area contributed by atoms with Crippen LogP contribution in [0.2, 0.25) is 5.02 Å². The van der Waals surface area contributed by atoms with Gasteiger partial charge in [0.25, 0.3) is 0 Å². The Morgan fingerprint density at radius 2 is 2.10 bits per heavy atom. The van der Waals surface area contributed by atoms with Crippen molar-refractivity contribution in [2.45, 2.75) is 31.7 Å². The van der Waals surface area contributed by atoms with Crippen molar-refractivity contribution >= 4 is 41.5 Å². The molecule has 11 heteroatoms. The van der Waals surface area contributed by atoms with E-state index in [4.69, 9.17) is 16.3 Å². The monoisotopic (exact) mass is 552 g/mol. The highest BCUT2D eigenvalue weighted by molar-refractivity contribution is 14.0. The summed E-state index contributed by atoms with van der Waals surface area (Å²) in [4.78, 5) is 5.99. The lowest BCUT2D eigenvalue weighted by molar-refractivity contribution is -0.132. The number of nitrogens with zero attached hydrogens (tertiary/aromatic N) is 2. The molecule has 2 N–H and O–H groups in total. The second-order valence-corrected chi connectivity index (χ2v) is 6.98. The third-order valence-electron chi connectivity index (χ3n) is 4.43. The second kappa shape index (κ2) is 12.1. The van der Waals surface area contributed by atoms with Gasteiger partial charge in [-0.1, -0.05) is 17.7 Å². The summed E-state index contributed by atoms with van der Waals surface area (Å²) in [6.07, 6.45) is -5.25. The maximum atomic E-state index is 14.6. The Morgan fingerprint density at radius 3 is 2.69 bits per heavy atom. The molecule has 0 bridgehead atoms. The van der Waals surface area contributed by atoms with Crippen LogP contribution in [0.1, 0.15) is 24.9 Å². The topological polar surface area (TPSA) is 48.9 Å². The molecular weight excluding hydrogens is 527 g/mol. The molecule has 0 spiro atoms. The molecule has 1 saturated heterocycles. The normalized spacial score (nSPS) is 19.4. The molecule has 0 aliphatic carbocycles. The van der Waals surface area contributed by atoms with Crippen molar-refractivity contribution in [2.24, 2.45) is 4.99 Å². The van der Waals surface area contributed by atoms with E-state index in [1.807, 2.05) is 6.92 Å². The predicted molar refractivity (Wildman–Crippen MR) is 117 cm³/mol. The van der Waals surface area contributed by atoms with Crippen LogP contribution in [0.3, 0.4) is 0 Å². The fourth-order valence-electron chi connectivity index (χ4n) is 3.11. The maximum Gasteiger partial charge on any atom is 0.390 e. The summed E-state index contributed by atoms with van der Waals surface area (Å²) in [5.41, 5.74) is 0.344. The van der Waals surface area contributed by atoms with Crippen LogP contribution in [-0.2, 0) is 4.74 Å². The van der Waals surface area contributed by atoms with Gasteiger partial charge < -0.3 is 15.4 Å². The number of benzene rings is 1. The smallest absolute Gasteiger partial charge is 0.376 e. The van der Waals surface area contributed by atoms with Gasteiger partial charge in [-0.25, -0.2) is 4.39 Å². The van der Waals surface area contributed by atoms with E-state index in [0.717, 1.165) is 0 Å². The summed E-state index contributed by atoms with van der Waals surface area (Å²) >= 11 is 6.27. The molecule has 1 heterocycles. The van der Waals surface area contributed by atoms with Crippen LogP contribution in [-0.4, -0.2) is 63.0 Å². The largest absolute Gasteiger partial charge is 0.390 e. The highest BCUT2D eigenvalue weighted by atomic mass is 127. The molecule has 0 saturated carbocycles. The maximum absolute atomic E-state index is 14.6. The Labute approximate surface area is 190 Å². The van der Waals surface area contributed by atoms with Crippen LogP contribution in [0.4, 0.5) is 17.6 Å². The summed E-state index contributed by atoms with van der Waals surface area (Å²) < 4.78 is 57.1. The van der Waals surface area contributed by atoms with Gasteiger partial charge in [0.1, 0.15) is 5.82 Å². The van der Waals surface area contributed by atoms with Crippen LogP contribution >= 0.6 is 35.6 Å². The molecule has 1 aromatic rings. The van der Waals surface area contributed by atoms with Gasteiger partial charge in [0.2, 0.25) is 0 Å². The molecule has 1 aromatic carbocycles. The molecule has 2 unspecified atom stereocenters. The zero-order valence-electron chi connectivity index (χ0n) is 16.2. The lowest BCUT2D eigenvalue weighted by atomic mass is 10.0. The fourth-order valence-corrected chi connectivity index (χ4v) is 3.40. The second-order valence-electron chi connectivity index (χ2n) is 6.57. The Balaban J connectivity index is 0.00000420. The Bertz CT molecular complexity index is 658. The van der Waals surface area contributed by atoms with Gasteiger partial charge in [-0.05, 0) is 19.1 Å². The van der Waals surface area contributed by atoms with Crippen molar-refractivity contribution in [1.82, 2.24) is 15.5 Å². The van der Waals surface area contributed by atoms with Gasteiger partial charge >= 0.3 is 6.18 Å². The van der Waals surface area contributed by atoms with E-state index in [1.165, 1.54) is 19.2 Å². The number of halogens is 6. The summed E-state index contributed by atoms with van der Waals surface area (Å²) in [5, 5.41) is 5.90. The number of rotatable bonds is 6. The SMILES string of the molecule is CN=C(NCCC(F)(F)F)NCC(c1c(F)cccc1Cl)N1CCOC(C)C1.I. The number of nitrogens with one attached hydrogen (secondary N) is 2. The Hall–Kier alpha value is -0.850. The number of aliphatic imine (C=N–C) groups is 1. The zero-order valence-corrected chi connectivity index (χ0v) is 19.3. The lowest BCUT2D eigenvalue weighted by Crippen LogP contribution is -2.48. The van der Waals surface area contributed by atoms with Crippen molar-refractivity contribution in [2.75, 3.05) is 39.8 Å². The van der Waals surface area contributed by atoms with E-state index in [1.54, 1.807) is 6.07 Å². The number of hydrogen-bond acceptors (Lipinski definition) is 3. The first-order chi connectivity index (χ1) is 13.2. The molecular formula is C18H26ClF4IN4O. The highest BCUT2D eigenvalue weighted by Gasteiger charge is 2.30. The van der Waals surface area contributed by atoms with Gasteiger partial charge in [0.05, 0.1) is 25.2 Å². The van der Waals surface area contributed by atoms with E-state index in [2.05, 4.69) is 20.5 Å². The van der Waals surface area contributed by atoms with Crippen LogP contribution in [0.15, 0.2) is 23.2 Å². The van der Waals surface area contributed by atoms with E-state index < -0.39 is 24.5 Å². The molecule has 29 heavy (non-hydrogen) atoms. The first-order valence-electron chi connectivity index (χ1n) is 9.02. The van der Waals surface area contributed by atoms with Gasteiger partial charge in [-0.3, -0.25) is 9.89 Å². The average molecular weight is 553 g/mol. The van der Waals surface area contributed by atoms with E-state index in [0.29, 0.717) is 30.3 Å². The Kier molecular flexibility index (Phi) is 10.9. The third kappa shape index (κ3) is 8.42. The fraction of sp³-hybridized carbons (Fsp3) is 0.611. The molecule has 0 aromatic heterocycles. The van der Waals surface area contributed by atoms with Gasteiger partial charge in [0, 0.05) is 43.8 Å². The van der Waals surface area contributed by atoms with E-state index >= 15 is 0 Å². The summed E-state index contributed by atoms with van der Waals surface area (Å²) in [7, 11) is 1.46. The minimum atomic E-state index is -4.25. The van der Waals surface area contributed by atoms with Crippen LogP contribution in [0.25, 0.3) is 0 Å². The molecule has 0 amide bonds. The van der Waals surface area contributed by atoms with Crippen LogP contribution < -0.4 is 10.6 Å². The first-order valence-corrected chi connectivity index (χ1v) is 9.40. The average Bonchev–Trinajstić information content (AvgIpc) is 2.61. The molecule has 2 rings (SSSR count). The predicted octanol–water partition coefficient (Wildman–Crippen LogP) is 3.98. The molecule has 0 radical (unpaired) electrons. The van der Waals surface area contributed by atoms with Crippen LogP contribution in [0.5, 0.6) is 0 Å². The summed E-state index contributed by atoms with van der Waals surface area (Å²) in [5.74, 6) is -0.221. The van der Waals surface area contributed by atoms with Crippen molar-refractivity contribution in [3.8, 4) is 0 Å². The molecule has 166 valence electrons. The van der Waals surface area contributed by atoms with Gasteiger partial charge in [-0.2, -0.15) is 13.2 Å². The summed E-state index contributed by atoms with van der Waals surface area (Å²) in [6, 6.07) is 4.06. The van der Waals surface area contributed by atoms with Crippen molar-refractivity contribution in [1.29, 1.82) is 0 Å². The molecule has 1 aliphatic rings. The first kappa shape index (κ1) is 26.2. The molecule has 1 aliphatic heterocycles.